The molecular weight excluding hydrogens is 470 g/mol. The lowest BCUT2D eigenvalue weighted by Gasteiger charge is -2.16. The predicted octanol–water partition coefficient (Wildman–Crippen LogP) is 5.51. The van der Waals surface area contributed by atoms with E-state index < -0.39 is 0 Å². The molecule has 0 spiro atoms. The van der Waals surface area contributed by atoms with Gasteiger partial charge in [0.05, 0.1) is 23.0 Å². The third-order valence-electron chi connectivity index (χ3n) is 5.52. The van der Waals surface area contributed by atoms with Crippen LogP contribution in [0.2, 0.25) is 0 Å². The van der Waals surface area contributed by atoms with Crippen molar-refractivity contribution in [1.29, 1.82) is 0 Å². The first kappa shape index (κ1) is 24.9. The Hall–Kier alpha value is -4.17. The molecule has 0 bridgehead atoms. The number of aryl methyl sites for hydroxylation is 1. The van der Waals surface area contributed by atoms with Gasteiger partial charge in [0.25, 0.3) is 5.91 Å². The number of amides is 2. The molecule has 182 valence electrons. The van der Waals surface area contributed by atoms with Crippen LogP contribution in [0.5, 0.6) is 0 Å². The highest BCUT2D eigenvalue weighted by atomic mass is 32.2. The molecule has 4 rings (SSSR count). The highest BCUT2D eigenvalue weighted by Crippen LogP contribution is 2.20. The van der Waals surface area contributed by atoms with Crippen molar-refractivity contribution >= 4 is 41.4 Å². The Kier molecular flexibility index (Phi) is 8.31. The van der Waals surface area contributed by atoms with Gasteiger partial charge in [-0.2, -0.15) is 0 Å². The van der Waals surface area contributed by atoms with Gasteiger partial charge in [-0.05, 0) is 48.7 Å². The van der Waals surface area contributed by atoms with Crippen LogP contribution in [0, 0.1) is 6.92 Å². The zero-order valence-corrected chi connectivity index (χ0v) is 20.9. The van der Waals surface area contributed by atoms with E-state index in [1.165, 1.54) is 17.3 Å². The summed E-state index contributed by atoms with van der Waals surface area (Å²) in [6.45, 7) is 3.97. The number of hydrogen-bond donors (Lipinski definition) is 3. The predicted molar refractivity (Wildman–Crippen MR) is 145 cm³/mol. The number of carbonyl (C=O) groups excluding carboxylic acids is 2. The van der Waals surface area contributed by atoms with Crippen LogP contribution in [0.15, 0.2) is 84.0 Å². The number of anilines is 1. The van der Waals surface area contributed by atoms with Crippen LogP contribution in [-0.2, 0) is 4.79 Å². The van der Waals surface area contributed by atoms with E-state index in [2.05, 4.69) is 25.8 Å². The van der Waals surface area contributed by atoms with Gasteiger partial charge in [0, 0.05) is 0 Å². The van der Waals surface area contributed by atoms with Crippen molar-refractivity contribution < 1.29 is 9.59 Å². The quantitative estimate of drug-likeness (QED) is 0.265. The first-order valence-corrected chi connectivity index (χ1v) is 12.5. The van der Waals surface area contributed by atoms with Crippen LogP contribution in [0.3, 0.4) is 0 Å². The standard InChI is InChI=1S/C28H27N5O2S/c1-19-10-6-7-11-21(19)16-17-25-31-28(33-32-25)36-18-26(34)30-24-15-9-8-14-23(24)27(35)29-20(2)22-12-4-3-5-13-22/h3-17,20H,18H2,1-2H3,(H,29,35)(H,30,34)(H,31,32,33)/b17-16+. The van der Waals surface area contributed by atoms with Crippen molar-refractivity contribution in [3.63, 3.8) is 0 Å². The number of nitrogens with one attached hydrogen (secondary N) is 3. The number of benzene rings is 3. The van der Waals surface area contributed by atoms with Crippen LogP contribution >= 0.6 is 11.8 Å². The Labute approximate surface area is 214 Å². The third kappa shape index (κ3) is 6.70. The van der Waals surface area contributed by atoms with E-state index in [-0.39, 0.29) is 23.6 Å². The fraction of sp³-hybridized carbons (Fsp3) is 0.143. The molecule has 0 fully saturated rings. The number of hydrogen-bond acceptors (Lipinski definition) is 5. The normalized spacial score (nSPS) is 11.8. The van der Waals surface area contributed by atoms with E-state index in [1.807, 2.05) is 80.6 Å². The Morgan fingerprint density at radius 3 is 2.50 bits per heavy atom. The fourth-order valence-electron chi connectivity index (χ4n) is 3.55. The topological polar surface area (TPSA) is 99.8 Å². The number of nitrogens with zero attached hydrogens (tertiary/aromatic N) is 2. The fourth-order valence-corrected chi connectivity index (χ4v) is 4.15. The summed E-state index contributed by atoms with van der Waals surface area (Å²) < 4.78 is 0. The number of carbonyl (C=O) groups is 2. The van der Waals surface area contributed by atoms with Crippen molar-refractivity contribution in [2.45, 2.75) is 25.0 Å². The van der Waals surface area contributed by atoms with E-state index in [1.54, 1.807) is 24.3 Å². The molecule has 0 aliphatic carbocycles. The molecule has 0 aliphatic heterocycles. The molecule has 0 saturated heterocycles. The largest absolute Gasteiger partial charge is 0.345 e. The molecule has 0 aliphatic rings. The number of thioether (sulfide) groups is 1. The minimum absolute atomic E-state index is 0.106. The Balaban J connectivity index is 1.33. The number of para-hydroxylation sites is 1. The Morgan fingerprint density at radius 2 is 1.69 bits per heavy atom. The Bertz CT molecular complexity index is 1370. The van der Waals surface area contributed by atoms with Crippen molar-refractivity contribution in [1.82, 2.24) is 20.5 Å². The molecule has 0 saturated carbocycles. The molecule has 1 unspecified atom stereocenters. The summed E-state index contributed by atoms with van der Waals surface area (Å²) in [5.41, 5.74) is 4.13. The molecule has 3 N–H and O–H groups in total. The molecule has 2 amide bonds. The summed E-state index contributed by atoms with van der Waals surface area (Å²) in [4.78, 5) is 29.9. The van der Waals surface area contributed by atoms with Crippen LogP contribution < -0.4 is 10.6 Å². The summed E-state index contributed by atoms with van der Waals surface area (Å²) in [7, 11) is 0. The summed E-state index contributed by atoms with van der Waals surface area (Å²) in [6, 6.07) is 24.6. The van der Waals surface area contributed by atoms with Gasteiger partial charge in [-0.25, -0.2) is 4.98 Å². The van der Waals surface area contributed by atoms with Gasteiger partial charge in [-0.3, -0.25) is 14.7 Å². The number of aromatic amines is 1. The zero-order chi connectivity index (χ0) is 25.3. The van der Waals surface area contributed by atoms with Gasteiger partial charge in [0.1, 0.15) is 5.82 Å². The first-order valence-electron chi connectivity index (χ1n) is 11.5. The number of H-pyrrole nitrogens is 1. The summed E-state index contributed by atoms with van der Waals surface area (Å²) >= 11 is 1.22. The van der Waals surface area contributed by atoms with E-state index in [9.17, 15) is 9.59 Å². The molecule has 8 heteroatoms. The number of aromatic nitrogens is 3. The zero-order valence-electron chi connectivity index (χ0n) is 20.1. The van der Waals surface area contributed by atoms with Gasteiger partial charge >= 0.3 is 0 Å². The monoisotopic (exact) mass is 497 g/mol. The summed E-state index contributed by atoms with van der Waals surface area (Å²) in [5.74, 6) is 0.206. The van der Waals surface area contributed by atoms with Gasteiger partial charge in [-0.15, -0.1) is 5.10 Å². The minimum Gasteiger partial charge on any atom is -0.345 e. The maximum atomic E-state index is 12.9. The molecule has 1 heterocycles. The molecule has 1 aromatic heterocycles. The minimum atomic E-state index is -0.256. The van der Waals surface area contributed by atoms with Gasteiger partial charge < -0.3 is 10.6 Å². The Morgan fingerprint density at radius 1 is 0.972 bits per heavy atom. The maximum Gasteiger partial charge on any atom is 0.253 e. The van der Waals surface area contributed by atoms with Crippen molar-refractivity contribution in [2.24, 2.45) is 0 Å². The lowest BCUT2D eigenvalue weighted by molar-refractivity contribution is -0.113. The van der Waals surface area contributed by atoms with Gasteiger partial charge in [0.15, 0.2) is 0 Å². The number of rotatable bonds is 9. The second-order valence-corrected chi connectivity index (χ2v) is 9.12. The molecular formula is C28H27N5O2S. The molecule has 4 aromatic rings. The van der Waals surface area contributed by atoms with Crippen molar-refractivity contribution in [3.8, 4) is 0 Å². The average molecular weight is 498 g/mol. The van der Waals surface area contributed by atoms with E-state index in [0.717, 1.165) is 11.1 Å². The third-order valence-corrected chi connectivity index (χ3v) is 6.36. The van der Waals surface area contributed by atoms with Gasteiger partial charge in [0.2, 0.25) is 11.1 Å². The van der Waals surface area contributed by atoms with Crippen molar-refractivity contribution in [3.05, 3.63) is 107 Å². The lowest BCUT2D eigenvalue weighted by Crippen LogP contribution is -2.28. The molecule has 1 atom stereocenters. The maximum absolute atomic E-state index is 12.9. The smallest absolute Gasteiger partial charge is 0.253 e. The lowest BCUT2D eigenvalue weighted by atomic mass is 10.1. The average Bonchev–Trinajstić information content (AvgIpc) is 3.35. The molecule has 0 radical (unpaired) electrons. The van der Waals surface area contributed by atoms with Crippen molar-refractivity contribution in [2.75, 3.05) is 11.1 Å². The highest BCUT2D eigenvalue weighted by molar-refractivity contribution is 7.99. The van der Waals surface area contributed by atoms with Gasteiger partial charge in [-0.1, -0.05) is 84.6 Å². The first-order chi connectivity index (χ1) is 17.5. The highest BCUT2D eigenvalue weighted by Gasteiger charge is 2.16. The van der Waals surface area contributed by atoms with Crippen LogP contribution in [0.4, 0.5) is 5.69 Å². The van der Waals surface area contributed by atoms with E-state index in [0.29, 0.717) is 22.2 Å². The molecule has 3 aromatic carbocycles. The second kappa shape index (κ2) is 12.0. The molecule has 7 nitrogen and oxygen atoms in total. The van der Waals surface area contributed by atoms with E-state index >= 15 is 0 Å². The summed E-state index contributed by atoms with van der Waals surface area (Å²) in [6.07, 6.45) is 3.82. The van der Waals surface area contributed by atoms with E-state index in [4.69, 9.17) is 0 Å². The SMILES string of the molecule is Cc1ccccc1/C=C/c1nc(SCC(=O)Nc2ccccc2C(=O)NC(C)c2ccccc2)n[nH]1. The second-order valence-electron chi connectivity index (χ2n) is 8.18. The van der Waals surface area contributed by atoms with Crippen LogP contribution in [0.25, 0.3) is 12.2 Å². The van der Waals surface area contributed by atoms with Crippen LogP contribution in [-0.4, -0.2) is 32.7 Å². The van der Waals surface area contributed by atoms with Crippen LogP contribution in [0.1, 0.15) is 45.8 Å². The summed E-state index contributed by atoms with van der Waals surface area (Å²) in [5, 5.41) is 13.3. The molecule has 36 heavy (non-hydrogen) atoms.